The average molecular weight is 363 g/mol. The van der Waals surface area contributed by atoms with Crippen molar-refractivity contribution in [3.8, 4) is 11.6 Å². The van der Waals surface area contributed by atoms with Crippen molar-refractivity contribution in [2.24, 2.45) is 0 Å². The molecule has 0 saturated heterocycles. The SMILES string of the molecule is CC[C@@H](C)NC(=O)c1ccc(Oc2ccc(NS(C)(=O)=O)cc2)nc1. The van der Waals surface area contributed by atoms with Crippen molar-refractivity contribution in [1.82, 2.24) is 10.3 Å². The highest BCUT2D eigenvalue weighted by Crippen LogP contribution is 2.22. The number of pyridine rings is 1. The summed E-state index contributed by atoms with van der Waals surface area (Å²) in [6, 6.07) is 9.77. The fourth-order valence-corrected chi connectivity index (χ4v) is 2.47. The predicted octanol–water partition coefficient (Wildman–Crippen LogP) is 2.77. The van der Waals surface area contributed by atoms with E-state index in [1.54, 1.807) is 36.4 Å². The van der Waals surface area contributed by atoms with Gasteiger partial charge in [0.1, 0.15) is 5.75 Å². The van der Waals surface area contributed by atoms with Gasteiger partial charge in [-0.25, -0.2) is 13.4 Å². The van der Waals surface area contributed by atoms with E-state index in [4.69, 9.17) is 4.74 Å². The highest BCUT2D eigenvalue weighted by atomic mass is 32.2. The van der Waals surface area contributed by atoms with E-state index in [-0.39, 0.29) is 11.9 Å². The zero-order valence-electron chi connectivity index (χ0n) is 14.3. The standard InChI is InChI=1S/C17H21N3O4S/c1-4-12(2)19-17(21)13-5-10-16(18-11-13)24-15-8-6-14(7-9-15)20-25(3,22)23/h5-12,20H,4H2,1-3H3,(H,19,21)/t12-/m1/s1. The van der Waals surface area contributed by atoms with E-state index >= 15 is 0 Å². The van der Waals surface area contributed by atoms with Crippen LogP contribution in [0.1, 0.15) is 30.6 Å². The molecule has 8 heteroatoms. The van der Waals surface area contributed by atoms with Crippen molar-refractivity contribution >= 4 is 21.6 Å². The van der Waals surface area contributed by atoms with Gasteiger partial charge >= 0.3 is 0 Å². The number of carbonyl (C=O) groups is 1. The molecule has 1 atom stereocenters. The van der Waals surface area contributed by atoms with Gasteiger partial charge in [-0.1, -0.05) is 6.92 Å². The minimum absolute atomic E-state index is 0.0995. The molecular formula is C17H21N3O4S. The van der Waals surface area contributed by atoms with Crippen molar-refractivity contribution in [1.29, 1.82) is 0 Å². The summed E-state index contributed by atoms with van der Waals surface area (Å²) in [5, 5.41) is 2.86. The van der Waals surface area contributed by atoms with Crippen molar-refractivity contribution in [3.63, 3.8) is 0 Å². The van der Waals surface area contributed by atoms with Gasteiger partial charge in [0.25, 0.3) is 5.91 Å². The fraction of sp³-hybridized carbons (Fsp3) is 0.294. The van der Waals surface area contributed by atoms with Gasteiger partial charge in [0, 0.05) is 24.0 Å². The fourth-order valence-electron chi connectivity index (χ4n) is 1.91. The van der Waals surface area contributed by atoms with Crippen LogP contribution in [0.2, 0.25) is 0 Å². The first-order valence-corrected chi connectivity index (χ1v) is 9.68. The molecule has 1 amide bonds. The number of hydrogen-bond acceptors (Lipinski definition) is 5. The van der Waals surface area contributed by atoms with Gasteiger partial charge in [-0.2, -0.15) is 0 Å². The molecule has 0 unspecified atom stereocenters. The molecule has 7 nitrogen and oxygen atoms in total. The smallest absolute Gasteiger partial charge is 0.253 e. The maximum atomic E-state index is 12.0. The normalized spacial score (nSPS) is 12.3. The molecule has 0 spiro atoms. The highest BCUT2D eigenvalue weighted by Gasteiger charge is 2.09. The van der Waals surface area contributed by atoms with Crippen molar-refractivity contribution < 1.29 is 17.9 Å². The van der Waals surface area contributed by atoms with Crippen LogP contribution in [0.5, 0.6) is 11.6 Å². The van der Waals surface area contributed by atoms with Crippen LogP contribution in [0.4, 0.5) is 5.69 Å². The summed E-state index contributed by atoms with van der Waals surface area (Å²) in [5.41, 5.74) is 0.903. The Labute approximate surface area is 147 Å². The predicted molar refractivity (Wildman–Crippen MR) is 96.4 cm³/mol. The molecule has 134 valence electrons. The average Bonchev–Trinajstić information content (AvgIpc) is 2.56. The summed E-state index contributed by atoms with van der Waals surface area (Å²) in [6.45, 7) is 3.93. The third kappa shape index (κ3) is 6.07. The molecule has 0 radical (unpaired) electrons. The van der Waals surface area contributed by atoms with Gasteiger partial charge in [-0.05, 0) is 43.7 Å². The summed E-state index contributed by atoms with van der Waals surface area (Å²) >= 11 is 0. The first-order chi connectivity index (χ1) is 11.8. The molecule has 0 saturated carbocycles. The van der Waals surface area contributed by atoms with Crippen molar-refractivity contribution in [3.05, 3.63) is 48.2 Å². The van der Waals surface area contributed by atoms with Crippen LogP contribution in [0, 0.1) is 0 Å². The van der Waals surface area contributed by atoms with Gasteiger partial charge < -0.3 is 10.1 Å². The Morgan fingerprint density at radius 2 is 1.88 bits per heavy atom. The van der Waals surface area contributed by atoms with Crippen molar-refractivity contribution in [2.75, 3.05) is 11.0 Å². The highest BCUT2D eigenvalue weighted by molar-refractivity contribution is 7.92. The minimum Gasteiger partial charge on any atom is -0.439 e. The second kappa shape index (κ2) is 7.98. The molecular weight excluding hydrogens is 342 g/mol. The molecule has 2 N–H and O–H groups in total. The van der Waals surface area contributed by atoms with Crippen LogP contribution in [-0.4, -0.2) is 31.6 Å². The number of benzene rings is 1. The topological polar surface area (TPSA) is 97.4 Å². The summed E-state index contributed by atoms with van der Waals surface area (Å²) in [5.74, 6) is 0.664. The molecule has 1 aromatic carbocycles. The second-order valence-electron chi connectivity index (χ2n) is 5.67. The summed E-state index contributed by atoms with van der Waals surface area (Å²) in [4.78, 5) is 16.1. The Morgan fingerprint density at radius 3 is 2.40 bits per heavy atom. The van der Waals surface area contributed by atoms with Gasteiger partial charge in [0.15, 0.2) is 0 Å². The number of amides is 1. The molecule has 0 aliphatic heterocycles. The maximum Gasteiger partial charge on any atom is 0.253 e. The molecule has 1 aromatic heterocycles. The van der Waals surface area contributed by atoms with Crippen LogP contribution < -0.4 is 14.8 Å². The third-order valence-electron chi connectivity index (χ3n) is 3.37. The number of ether oxygens (including phenoxy) is 1. The zero-order chi connectivity index (χ0) is 18.4. The molecule has 1 heterocycles. The maximum absolute atomic E-state index is 12.0. The zero-order valence-corrected chi connectivity index (χ0v) is 15.1. The quantitative estimate of drug-likeness (QED) is 0.788. The first kappa shape index (κ1) is 18.7. The second-order valence-corrected chi connectivity index (χ2v) is 7.42. The molecule has 2 rings (SSSR count). The van der Waals surface area contributed by atoms with E-state index in [1.165, 1.54) is 6.20 Å². The Hall–Kier alpha value is -2.61. The van der Waals surface area contributed by atoms with Gasteiger partial charge in [0.2, 0.25) is 15.9 Å². The Morgan fingerprint density at radius 1 is 1.20 bits per heavy atom. The number of sulfonamides is 1. The molecule has 0 fully saturated rings. The van der Waals surface area contributed by atoms with Gasteiger partial charge in [-0.3, -0.25) is 9.52 Å². The van der Waals surface area contributed by atoms with E-state index in [9.17, 15) is 13.2 Å². The lowest BCUT2D eigenvalue weighted by atomic mass is 10.2. The van der Waals surface area contributed by atoms with Crippen LogP contribution in [-0.2, 0) is 10.0 Å². The minimum atomic E-state index is -3.31. The molecule has 0 aliphatic carbocycles. The lowest BCUT2D eigenvalue weighted by molar-refractivity contribution is 0.0939. The number of aromatic nitrogens is 1. The summed E-state index contributed by atoms with van der Waals surface area (Å²) in [7, 11) is -3.31. The molecule has 2 aromatic rings. The number of hydrogen-bond donors (Lipinski definition) is 2. The van der Waals surface area contributed by atoms with Crippen molar-refractivity contribution in [2.45, 2.75) is 26.3 Å². The third-order valence-corrected chi connectivity index (χ3v) is 3.97. The van der Waals surface area contributed by atoms with Gasteiger partial charge in [0.05, 0.1) is 11.8 Å². The summed E-state index contributed by atoms with van der Waals surface area (Å²) in [6.07, 6.45) is 3.39. The van der Waals surface area contributed by atoms with Crippen LogP contribution in [0.15, 0.2) is 42.6 Å². The van der Waals surface area contributed by atoms with Crippen LogP contribution in [0.3, 0.4) is 0 Å². The molecule has 0 aliphatic rings. The lowest BCUT2D eigenvalue weighted by Gasteiger charge is -2.11. The molecule has 0 bridgehead atoms. The monoisotopic (exact) mass is 363 g/mol. The first-order valence-electron chi connectivity index (χ1n) is 7.79. The van der Waals surface area contributed by atoms with E-state index in [1.807, 2.05) is 13.8 Å². The number of carbonyl (C=O) groups excluding carboxylic acids is 1. The number of anilines is 1. The largest absolute Gasteiger partial charge is 0.439 e. The van der Waals surface area contributed by atoms with E-state index in [0.717, 1.165) is 12.7 Å². The Kier molecular flexibility index (Phi) is 5.97. The van der Waals surface area contributed by atoms with Gasteiger partial charge in [-0.15, -0.1) is 0 Å². The number of rotatable bonds is 7. The van der Waals surface area contributed by atoms with Crippen LogP contribution in [0.25, 0.3) is 0 Å². The Balaban J connectivity index is 2.00. The van der Waals surface area contributed by atoms with E-state index in [0.29, 0.717) is 22.9 Å². The number of nitrogens with one attached hydrogen (secondary N) is 2. The Bertz CT molecular complexity index is 818. The lowest BCUT2D eigenvalue weighted by Crippen LogP contribution is -2.31. The number of nitrogens with zero attached hydrogens (tertiary/aromatic N) is 1. The summed E-state index contributed by atoms with van der Waals surface area (Å²) < 4.78 is 30.3. The van der Waals surface area contributed by atoms with E-state index in [2.05, 4.69) is 15.0 Å². The van der Waals surface area contributed by atoms with E-state index < -0.39 is 10.0 Å². The molecule has 25 heavy (non-hydrogen) atoms. The van der Waals surface area contributed by atoms with Crippen LogP contribution >= 0.6 is 0 Å².